The molecular formula is C16H19N7O2. The van der Waals surface area contributed by atoms with Crippen molar-refractivity contribution in [2.45, 2.75) is 13.0 Å². The number of hydrogen-bond donors (Lipinski definition) is 1. The molecule has 1 atom stereocenters. The van der Waals surface area contributed by atoms with E-state index >= 15 is 0 Å². The number of nitrogens with zero attached hydrogens (tertiary/aromatic N) is 6. The average molecular weight is 341 g/mol. The second kappa shape index (κ2) is 7.72. The number of H-pyrrole nitrogens is 1. The number of carbonyl (C=O) groups excluding carboxylic acids is 1. The zero-order valence-corrected chi connectivity index (χ0v) is 13.9. The molecule has 1 aromatic carbocycles. The highest BCUT2D eigenvalue weighted by atomic mass is 16.6. The number of carbonyl (C=O) groups is 1. The Kier molecular flexibility index (Phi) is 5.20. The average Bonchev–Trinajstić information content (AvgIpc) is 3.17. The molecule has 1 unspecified atom stereocenters. The van der Waals surface area contributed by atoms with Gasteiger partial charge in [0.1, 0.15) is 6.04 Å². The third-order valence-electron chi connectivity index (χ3n) is 4.19. The molecule has 2 aromatic rings. The van der Waals surface area contributed by atoms with Crippen LogP contribution in [0.5, 0.6) is 0 Å². The van der Waals surface area contributed by atoms with Crippen LogP contribution in [-0.4, -0.2) is 69.3 Å². The van der Waals surface area contributed by atoms with Gasteiger partial charge in [-0.2, -0.15) is 10.5 Å². The molecule has 0 saturated carbocycles. The van der Waals surface area contributed by atoms with E-state index in [-0.39, 0.29) is 12.1 Å². The summed E-state index contributed by atoms with van der Waals surface area (Å²) in [5.74, 6) is 0.507. The number of ether oxygens (including phenoxy) is 1. The summed E-state index contributed by atoms with van der Waals surface area (Å²) in [6, 6.07) is 9.32. The van der Waals surface area contributed by atoms with Crippen molar-refractivity contribution < 1.29 is 9.53 Å². The highest BCUT2D eigenvalue weighted by molar-refractivity contribution is 5.67. The van der Waals surface area contributed by atoms with Crippen LogP contribution < -0.4 is 0 Å². The van der Waals surface area contributed by atoms with Crippen LogP contribution in [0.1, 0.15) is 29.9 Å². The summed E-state index contributed by atoms with van der Waals surface area (Å²) in [4.78, 5) is 15.7. The van der Waals surface area contributed by atoms with Crippen molar-refractivity contribution >= 4 is 6.09 Å². The lowest BCUT2D eigenvalue weighted by Gasteiger charge is -2.37. The molecule has 3 rings (SSSR count). The van der Waals surface area contributed by atoms with Crippen molar-refractivity contribution in [3.8, 4) is 6.07 Å². The minimum absolute atomic E-state index is 0.293. The van der Waals surface area contributed by atoms with Gasteiger partial charge in [-0.25, -0.2) is 4.79 Å². The summed E-state index contributed by atoms with van der Waals surface area (Å²) in [7, 11) is 0. The van der Waals surface area contributed by atoms with E-state index in [9.17, 15) is 10.1 Å². The second-order valence-electron chi connectivity index (χ2n) is 5.59. The first-order valence-electron chi connectivity index (χ1n) is 8.12. The fourth-order valence-corrected chi connectivity index (χ4v) is 3.00. The van der Waals surface area contributed by atoms with Crippen molar-refractivity contribution in [1.82, 2.24) is 30.4 Å². The molecule has 1 amide bonds. The summed E-state index contributed by atoms with van der Waals surface area (Å²) in [5, 5.41) is 23.8. The maximum Gasteiger partial charge on any atom is 0.409 e. The Bertz CT molecular complexity index is 748. The summed E-state index contributed by atoms with van der Waals surface area (Å²) in [6.07, 6.45) is -0.296. The highest BCUT2D eigenvalue weighted by Crippen LogP contribution is 2.29. The summed E-state index contributed by atoms with van der Waals surface area (Å²) in [6.45, 7) is 4.48. The molecule has 9 nitrogen and oxygen atoms in total. The normalized spacial score (nSPS) is 16.2. The smallest absolute Gasteiger partial charge is 0.409 e. The van der Waals surface area contributed by atoms with Crippen LogP contribution >= 0.6 is 0 Å². The van der Waals surface area contributed by atoms with Gasteiger partial charge in [-0.15, -0.1) is 10.2 Å². The predicted octanol–water partition coefficient (Wildman–Crippen LogP) is 0.935. The zero-order chi connectivity index (χ0) is 17.6. The van der Waals surface area contributed by atoms with Crippen LogP contribution in [0.2, 0.25) is 0 Å². The number of nitriles is 1. The van der Waals surface area contributed by atoms with Crippen LogP contribution in [0.3, 0.4) is 0 Å². The van der Waals surface area contributed by atoms with E-state index in [4.69, 9.17) is 4.74 Å². The zero-order valence-electron chi connectivity index (χ0n) is 13.9. The van der Waals surface area contributed by atoms with Crippen molar-refractivity contribution in [3.63, 3.8) is 0 Å². The SMILES string of the molecule is CCOC(=O)N1CCN(C(c2nn[nH]n2)c2ccccc2C#N)CC1. The first-order chi connectivity index (χ1) is 12.2. The summed E-state index contributed by atoms with van der Waals surface area (Å²) < 4.78 is 5.06. The number of rotatable bonds is 4. The molecular weight excluding hydrogens is 322 g/mol. The Hall–Kier alpha value is -2.99. The predicted molar refractivity (Wildman–Crippen MR) is 87.3 cm³/mol. The molecule has 1 N–H and O–H groups in total. The van der Waals surface area contributed by atoms with Crippen LogP contribution in [0.15, 0.2) is 24.3 Å². The lowest BCUT2D eigenvalue weighted by Crippen LogP contribution is -2.50. The molecule has 1 fully saturated rings. The van der Waals surface area contributed by atoms with Crippen molar-refractivity contribution in [2.75, 3.05) is 32.8 Å². The molecule has 0 spiro atoms. The van der Waals surface area contributed by atoms with Crippen molar-refractivity contribution in [2.24, 2.45) is 0 Å². The molecule has 0 aliphatic carbocycles. The molecule has 0 bridgehead atoms. The second-order valence-corrected chi connectivity index (χ2v) is 5.59. The number of benzene rings is 1. The Labute approximate surface area is 145 Å². The summed E-state index contributed by atoms with van der Waals surface area (Å²) >= 11 is 0. The van der Waals surface area contributed by atoms with Gasteiger partial charge >= 0.3 is 6.09 Å². The Morgan fingerprint density at radius 1 is 1.36 bits per heavy atom. The van der Waals surface area contributed by atoms with Crippen LogP contribution in [0.4, 0.5) is 4.79 Å². The Balaban J connectivity index is 1.83. The number of amides is 1. The fraction of sp³-hybridized carbons (Fsp3) is 0.438. The van der Waals surface area contributed by atoms with E-state index < -0.39 is 0 Å². The van der Waals surface area contributed by atoms with Crippen molar-refractivity contribution in [3.05, 3.63) is 41.2 Å². The standard InChI is InChI=1S/C16H19N7O2/c1-2-25-16(24)23-9-7-22(8-10-23)14(15-18-20-21-19-15)13-6-4-3-5-12(13)11-17/h3-6,14H,2,7-10H2,1H3,(H,18,19,20,21). The van der Waals surface area contributed by atoms with Crippen LogP contribution in [0, 0.1) is 11.3 Å². The van der Waals surface area contributed by atoms with E-state index in [2.05, 4.69) is 31.6 Å². The van der Waals surface area contributed by atoms with Gasteiger partial charge in [0.05, 0.1) is 18.2 Å². The summed E-state index contributed by atoms with van der Waals surface area (Å²) in [5.41, 5.74) is 1.40. The van der Waals surface area contributed by atoms with Crippen LogP contribution in [0.25, 0.3) is 0 Å². The number of piperazine rings is 1. The number of nitrogens with one attached hydrogen (secondary N) is 1. The van der Waals surface area contributed by atoms with Gasteiger partial charge < -0.3 is 9.64 Å². The monoisotopic (exact) mass is 341 g/mol. The largest absolute Gasteiger partial charge is 0.450 e. The van der Waals surface area contributed by atoms with E-state index in [1.807, 2.05) is 18.2 Å². The first kappa shape index (κ1) is 16.9. The molecule has 1 aliphatic rings. The molecule has 1 saturated heterocycles. The van der Waals surface area contributed by atoms with Gasteiger partial charge in [0.2, 0.25) is 0 Å². The van der Waals surface area contributed by atoms with Crippen LogP contribution in [-0.2, 0) is 4.74 Å². The number of aromatic nitrogens is 4. The minimum Gasteiger partial charge on any atom is -0.450 e. The quantitative estimate of drug-likeness (QED) is 0.880. The molecule has 25 heavy (non-hydrogen) atoms. The van der Waals surface area contributed by atoms with E-state index in [0.29, 0.717) is 44.2 Å². The van der Waals surface area contributed by atoms with E-state index in [0.717, 1.165) is 5.56 Å². The molecule has 1 aromatic heterocycles. The van der Waals surface area contributed by atoms with Gasteiger partial charge in [-0.3, -0.25) is 4.90 Å². The molecule has 130 valence electrons. The van der Waals surface area contributed by atoms with E-state index in [1.54, 1.807) is 17.9 Å². The fourth-order valence-electron chi connectivity index (χ4n) is 3.00. The minimum atomic E-state index is -0.296. The third-order valence-corrected chi connectivity index (χ3v) is 4.19. The van der Waals surface area contributed by atoms with Gasteiger partial charge in [0.15, 0.2) is 5.82 Å². The third kappa shape index (κ3) is 3.59. The number of hydrogen-bond acceptors (Lipinski definition) is 7. The number of tetrazole rings is 1. The first-order valence-corrected chi connectivity index (χ1v) is 8.12. The topological polar surface area (TPSA) is 111 Å². The van der Waals surface area contributed by atoms with Crippen molar-refractivity contribution in [1.29, 1.82) is 5.26 Å². The Morgan fingerprint density at radius 3 is 2.76 bits per heavy atom. The van der Waals surface area contributed by atoms with Gasteiger partial charge in [-0.05, 0) is 18.6 Å². The van der Waals surface area contributed by atoms with Gasteiger partial charge in [0.25, 0.3) is 0 Å². The number of aromatic amines is 1. The van der Waals surface area contributed by atoms with Gasteiger partial charge in [0, 0.05) is 26.2 Å². The molecule has 2 heterocycles. The van der Waals surface area contributed by atoms with E-state index in [1.165, 1.54) is 0 Å². The maximum absolute atomic E-state index is 11.9. The molecule has 1 aliphatic heterocycles. The maximum atomic E-state index is 11.9. The molecule has 9 heteroatoms. The molecule has 0 radical (unpaired) electrons. The Morgan fingerprint density at radius 2 is 2.12 bits per heavy atom. The lowest BCUT2D eigenvalue weighted by molar-refractivity contribution is 0.0704. The van der Waals surface area contributed by atoms with Gasteiger partial charge in [-0.1, -0.05) is 23.4 Å². The highest BCUT2D eigenvalue weighted by Gasteiger charge is 2.32. The lowest BCUT2D eigenvalue weighted by atomic mass is 9.98.